The number of aliphatic imine (C=N–C) groups is 1. The van der Waals surface area contributed by atoms with Crippen molar-refractivity contribution in [2.45, 2.75) is 77.2 Å². The van der Waals surface area contributed by atoms with Crippen LogP contribution < -0.4 is 10.6 Å². The quantitative estimate of drug-likeness (QED) is 0.559. The number of likely N-dealkylation sites (tertiary alicyclic amines) is 1. The highest BCUT2D eigenvalue weighted by Gasteiger charge is 2.30. The van der Waals surface area contributed by atoms with Gasteiger partial charge < -0.3 is 10.6 Å². The van der Waals surface area contributed by atoms with Crippen molar-refractivity contribution in [3.8, 4) is 0 Å². The standard InChI is InChI=1S/C23H39N5/c1-18(2)27(4)16-20-10-6-5-9-19(20)15-25-23(24-3)26-21-13-14-28(17-21)22-11-7-8-12-22/h5-6,9-10,18,21-22H,7-8,11-17H2,1-4H3,(H2,24,25,26). The first-order valence-corrected chi connectivity index (χ1v) is 11.0. The molecule has 1 aromatic carbocycles. The van der Waals surface area contributed by atoms with Crippen molar-refractivity contribution < 1.29 is 0 Å². The molecule has 2 N–H and O–H groups in total. The van der Waals surface area contributed by atoms with Gasteiger partial charge in [0.05, 0.1) is 0 Å². The maximum atomic E-state index is 4.47. The second-order valence-electron chi connectivity index (χ2n) is 8.77. The fraction of sp³-hybridized carbons (Fsp3) is 0.696. The molecule has 0 spiro atoms. The maximum Gasteiger partial charge on any atom is 0.191 e. The van der Waals surface area contributed by atoms with Crippen LogP contribution in [0.1, 0.15) is 57.1 Å². The zero-order chi connectivity index (χ0) is 19.9. The first kappa shape index (κ1) is 21.1. The van der Waals surface area contributed by atoms with Gasteiger partial charge in [0.25, 0.3) is 0 Å². The molecule has 5 nitrogen and oxygen atoms in total. The normalized spacial score (nSPS) is 21.8. The number of nitrogens with one attached hydrogen (secondary N) is 2. The molecule has 1 aromatic rings. The Morgan fingerprint density at radius 1 is 1.18 bits per heavy atom. The third kappa shape index (κ3) is 5.71. The van der Waals surface area contributed by atoms with Crippen LogP contribution in [0, 0.1) is 0 Å². The summed E-state index contributed by atoms with van der Waals surface area (Å²) >= 11 is 0. The Morgan fingerprint density at radius 2 is 1.89 bits per heavy atom. The summed E-state index contributed by atoms with van der Waals surface area (Å²) in [5.74, 6) is 0.922. The number of rotatable bonds is 7. The van der Waals surface area contributed by atoms with Gasteiger partial charge in [-0.2, -0.15) is 0 Å². The summed E-state index contributed by atoms with van der Waals surface area (Å²) in [6.07, 6.45) is 6.82. The van der Waals surface area contributed by atoms with Gasteiger partial charge in [0, 0.05) is 51.4 Å². The zero-order valence-corrected chi connectivity index (χ0v) is 18.2. The lowest BCUT2D eigenvalue weighted by atomic mass is 10.1. The first-order chi connectivity index (χ1) is 13.6. The van der Waals surface area contributed by atoms with Gasteiger partial charge in [0.2, 0.25) is 0 Å². The van der Waals surface area contributed by atoms with Crippen LogP contribution in [-0.4, -0.2) is 61.1 Å². The number of hydrogen-bond donors (Lipinski definition) is 2. The van der Waals surface area contributed by atoms with Crippen LogP contribution in [0.15, 0.2) is 29.3 Å². The molecule has 3 rings (SSSR count). The highest BCUT2D eigenvalue weighted by atomic mass is 15.3. The Bertz CT molecular complexity index is 636. The highest BCUT2D eigenvalue weighted by Crippen LogP contribution is 2.26. The van der Waals surface area contributed by atoms with E-state index in [-0.39, 0.29) is 0 Å². The molecular weight excluding hydrogens is 346 g/mol. The largest absolute Gasteiger partial charge is 0.352 e. The molecule has 1 aliphatic carbocycles. The third-order valence-electron chi connectivity index (χ3n) is 6.49. The Hall–Kier alpha value is -1.59. The molecule has 0 radical (unpaired) electrons. The van der Waals surface area contributed by atoms with Crippen molar-refractivity contribution in [2.24, 2.45) is 4.99 Å². The number of hydrogen-bond acceptors (Lipinski definition) is 3. The van der Waals surface area contributed by atoms with Gasteiger partial charge in [0.15, 0.2) is 5.96 Å². The topological polar surface area (TPSA) is 42.9 Å². The summed E-state index contributed by atoms with van der Waals surface area (Å²) in [7, 11) is 4.06. The Kier molecular flexibility index (Phi) is 7.74. The summed E-state index contributed by atoms with van der Waals surface area (Å²) in [5.41, 5.74) is 2.73. The van der Waals surface area contributed by atoms with Gasteiger partial charge in [-0.05, 0) is 51.3 Å². The lowest BCUT2D eigenvalue weighted by Gasteiger charge is -2.24. The first-order valence-electron chi connectivity index (χ1n) is 11.0. The van der Waals surface area contributed by atoms with E-state index in [9.17, 15) is 0 Å². The van der Waals surface area contributed by atoms with Gasteiger partial charge in [-0.1, -0.05) is 37.1 Å². The van der Waals surface area contributed by atoms with Crippen LogP contribution in [0.25, 0.3) is 0 Å². The molecule has 1 atom stereocenters. The van der Waals surface area contributed by atoms with E-state index in [4.69, 9.17) is 0 Å². The minimum atomic E-state index is 0.508. The van der Waals surface area contributed by atoms with Gasteiger partial charge in [0.1, 0.15) is 0 Å². The summed E-state index contributed by atoms with van der Waals surface area (Å²) in [6, 6.07) is 10.6. The monoisotopic (exact) mass is 385 g/mol. The predicted octanol–water partition coefficient (Wildman–Crippen LogP) is 3.21. The molecule has 156 valence electrons. The SMILES string of the molecule is CN=C(NCc1ccccc1CN(C)C(C)C)NC1CCN(C2CCCC2)C1. The van der Waals surface area contributed by atoms with E-state index in [0.717, 1.165) is 31.6 Å². The van der Waals surface area contributed by atoms with Crippen LogP contribution in [0.2, 0.25) is 0 Å². The van der Waals surface area contributed by atoms with Crippen LogP contribution in [0.5, 0.6) is 0 Å². The van der Waals surface area contributed by atoms with Crippen LogP contribution in [0.3, 0.4) is 0 Å². The van der Waals surface area contributed by atoms with Crippen molar-refractivity contribution in [2.75, 3.05) is 27.2 Å². The molecule has 1 aliphatic heterocycles. The molecule has 1 unspecified atom stereocenters. The minimum absolute atomic E-state index is 0.508. The summed E-state index contributed by atoms with van der Waals surface area (Å²) in [4.78, 5) is 9.54. The Balaban J connectivity index is 1.51. The molecule has 0 amide bonds. The molecule has 28 heavy (non-hydrogen) atoms. The lowest BCUT2D eigenvalue weighted by molar-refractivity contribution is 0.242. The van der Waals surface area contributed by atoms with Crippen molar-refractivity contribution in [3.63, 3.8) is 0 Å². The number of guanidine groups is 1. The maximum absolute atomic E-state index is 4.47. The van der Waals surface area contributed by atoms with E-state index in [0.29, 0.717) is 12.1 Å². The van der Waals surface area contributed by atoms with Crippen molar-refractivity contribution in [3.05, 3.63) is 35.4 Å². The third-order valence-corrected chi connectivity index (χ3v) is 6.49. The molecule has 2 aliphatic rings. The fourth-order valence-electron chi connectivity index (χ4n) is 4.41. The van der Waals surface area contributed by atoms with E-state index in [1.807, 2.05) is 7.05 Å². The van der Waals surface area contributed by atoms with Gasteiger partial charge in [-0.25, -0.2) is 0 Å². The number of benzene rings is 1. The Labute approximate surface area is 171 Å². The van der Waals surface area contributed by atoms with E-state index in [1.54, 1.807) is 0 Å². The van der Waals surface area contributed by atoms with E-state index >= 15 is 0 Å². The summed E-state index contributed by atoms with van der Waals surface area (Å²) in [6.45, 7) is 8.64. The van der Waals surface area contributed by atoms with E-state index in [1.165, 1.54) is 49.8 Å². The smallest absolute Gasteiger partial charge is 0.191 e. The fourth-order valence-corrected chi connectivity index (χ4v) is 4.41. The van der Waals surface area contributed by atoms with E-state index < -0.39 is 0 Å². The molecule has 1 saturated carbocycles. The summed E-state index contributed by atoms with van der Waals surface area (Å²) < 4.78 is 0. The minimum Gasteiger partial charge on any atom is -0.352 e. The highest BCUT2D eigenvalue weighted by molar-refractivity contribution is 5.80. The van der Waals surface area contributed by atoms with Crippen LogP contribution >= 0.6 is 0 Å². The number of nitrogens with zero attached hydrogens (tertiary/aromatic N) is 3. The van der Waals surface area contributed by atoms with Gasteiger partial charge in [-0.15, -0.1) is 0 Å². The average molecular weight is 386 g/mol. The molecule has 2 fully saturated rings. The van der Waals surface area contributed by atoms with Crippen LogP contribution in [0.4, 0.5) is 0 Å². The molecule has 0 aromatic heterocycles. The van der Waals surface area contributed by atoms with Gasteiger partial charge >= 0.3 is 0 Å². The van der Waals surface area contributed by atoms with Crippen molar-refractivity contribution in [1.82, 2.24) is 20.4 Å². The molecule has 1 saturated heterocycles. The molecule has 5 heteroatoms. The second-order valence-corrected chi connectivity index (χ2v) is 8.77. The summed E-state index contributed by atoms with van der Waals surface area (Å²) in [5, 5.41) is 7.20. The van der Waals surface area contributed by atoms with Crippen molar-refractivity contribution >= 4 is 5.96 Å². The van der Waals surface area contributed by atoms with Crippen molar-refractivity contribution in [1.29, 1.82) is 0 Å². The lowest BCUT2D eigenvalue weighted by Crippen LogP contribution is -2.45. The molecule has 1 heterocycles. The van der Waals surface area contributed by atoms with Crippen LogP contribution in [-0.2, 0) is 13.1 Å². The predicted molar refractivity (Wildman–Crippen MR) is 119 cm³/mol. The molecular formula is C23H39N5. The average Bonchev–Trinajstić information content (AvgIpc) is 3.37. The van der Waals surface area contributed by atoms with Gasteiger partial charge in [-0.3, -0.25) is 14.8 Å². The molecule has 0 bridgehead atoms. The Morgan fingerprint density at radius 3 is 2.57 bits per heavy atom. The van der Waals surface area contributed by atoms with E-state index in [2.05, 4.69) is 70.6 Å². The zero-order valence-electron chi connectivity index (χ0n) is 18.2. The second kappa shape index (κ2) is 10.3.